The molecule has 0 bridgehead atoms. The van der Waals surface area contributed by atoms with Gasteiger partial charge in [-0.1, -0.05) is 6.07 Å². The highest BCUT2D eigenvalue weighted by molar-refractivity contribution is 7.13. The highest BCUT2D eigenvalue weighted by atomic mass is 32.1. The number of aromatic nitrogens is 2. The summed E-state index contributed by atoms with van der Waals surface area (Å²) in [5, 5.41) is 5.25. The summed E-state index contributed by atoms with van der Waals surface area (Å²) in [4.78, 5) is 10.0. The molecule has 2 aromatic heterocycles. The van der Waals surface area contributed by atoms with Crippen LogP contribution in [0.5, 0.6) is 0 Å². The first-order valence-corrected chi connectivity index (χ1v) is 6.36. The summed E-state index contributed by atoms with van der Waals surface area (Å²) in [5.74, 6) is 1.55. The average molecular weight is 249 g/mol. The highest BCUT2D eigenvalue weighted by Gasteiger charge is 2.06. The molecule has 0 spiro atoms. The van der Waals surface area contributed by atoms with E-state index in [-0.39, 0.29) is 0 Å². The first-order chi connectivity index (χ1) is 8.33. The Morgan fingerprint density at radius 3 is 2.94 bits per heavy atom. The number of methoxy groups -OCH3 is 1. The van der Waals surface area contributed by atoms with Gasteiger partial charge in [-0.15, -0.1) is 11.3 Å². The lowest BCUT2D eigenvalue weighted by molar-refractivity contribution is 0.178. The minimum atomic E-state index is 0.428. The third-order valence-corrected chi connectivity index (χ3v) is 3.07. The van der Waals surface area contributed by atoms with E-state index in [2.05, 4.69) is 21.4 Å². The maximum Gasteiger partial charge on any atom is 0.157 e. The number of nitrogens with zero attached hydrogens (tertiary/aromatic N) is 2. The molecule has 0 aromatic carbocycles. The van der Waals surface area contributed by atoms with Gasteiger partial charge in [0.25, 0.3) is 0 Å². The van der Waals surface area contributed by atoms with Crippen LogP contribution in [0.3, 0.4) is 0 Å². The molecule has 0 saturated carbocycles. The largest absolute Gasteiger partial charge is 0.377 e. The predicted molar refractivity (Wildman–Crippen MR) is 70.2 cm³/mol. The van der Waals surface area contributed by atoms with Gasteiger partial charge in [0.15, 0.2) is 5.82 Å². The molecule has 1 N–H and O–H groups in total. The standard InChI is InChI=1S/C12H15N3OS/c1-3-13-11-7-9(10-5-4-6-17-10)14-12(15-11)8-16-2/h4-7H,3,8H2,1-2H3,(H,13,14,15). The van der Waals surface area contributed by atoms with Crippen molar-refractivity contribution in [2.24, 2.45) is 0 Å². The first-order valence-electron chi connectivity index (χ1n) is 5.48. The van der Waals surface area contributed by atoms with E-state index in [1.54, 1.807) is 18.4 Å². The van der Waals surface area contributed by atoms with Crippen LogP contribution in [0.2, 0.25) is 0 Å². The van der Waals surface area contributed by atoms with Crippen LogP contribution in [-0.2, 0) is 11.3 Å². The number of hydrogen-bond acceptors (Lipinski definition) is 5. The second kappa shape index (κ2) is 5.75. The van der Waals surface area contributed by atoms with E-state index >= 15 is 0 Å². The van der Waals surface area contributed by atoms with Crippen LogP contribution in [0, 0.1) is 0 Å². The average Bonchev–Trinajstić information content (AvgIpc) is 2.83. The zero-order valence-electron chi connectivity index (χ0n) is 9.93. The van der Waals surface area contributed by atoms with Crippen molar-refractivity contribution in [2.45, 2.75) is 13.5 Å². The van der Waals surface area contributed by atoms with Gasteiger partial charge in [0.1, 0.15) is 12.4 Å². The molecule has 5 heteroatoms. The molecule has 0 atom stereocenters. The molecule has 2 heterocycles. The number of thiophene rings is 1. The topological polar surface area (TPSA) is 47.0 Å². The van der Waals surface area contributed by atoms with Gasteiger partial charge in [0.2, 0.25) is 0 Å². The van der Waals surface area contributed by atoms with Gasteiger partial charge < -0.3 is 10.1 Å². The monoisotopic (exact) mass is 249 g/mol. The highest BCUT2D eigenvalue weighted by Crippen LogP contribution is 2.24. The molecule has 0 fully saturated rings. The van der Waals surface area contributed by atoms with Crippen LogP contribution in [-0.4, -0.2) is 23.6 Å². The Morgan fingerprint density at radius 1 is 1.41 bits per heavy atom. The van der Waals surface area contributed by atoms with E-state index in [1.807, 2.05) is 24.4 Å². The fourth-order valence-electron chi connectivity index (χ4n) is 1.51. The predicted octanol–water partition coefficient (Wildman–Crippen LogP) is 2.78. The molecular weight excluding hydrogens is 234 g/mol. The molecule has 2 rings (SSSR count). The summed E-state index contributed by atoms with van der Waals surface area (Å²) in [6.07, 6.45) is 0. The molecular formula is C12H15N3OS. The quantitative estimate of drug-likeness (QED) is 0.885. The number of rotatable bonds is 5. The van der Waals surface area contributed by atoms with Gasteiger partial charge in [0.05, 0.1) is 10.6 Å². The minimum absolute atomic E-state index is 0.428. The fourth-order valence-corrected chi connectivity index (χ4v) is 2.20. The van der Waals surface area contributed by atoms with E-state index < -0.39 is 0 Å². The Labute approximate surface area is 105 Å². The molecule has 0 radical (unpaired) electrons. The number of hydrogen-bond donors (Lipinski definition) is 1. The van der Waals surface area contributed by atoms with Gasteiger partial charge in [-0.05, 0) is 18.4 Å². The summed E-state index contributed by atoms with van der Waals surface area (Å²) in [6, 6.07) is 6.04. The second-order valence-electron chi connectivity index (χ2n) is 3.50. The first kappa shape index (κ1) is 12.0. The minimum Gasteiger partial charge on any atom is -0.377 e. The van der Waals surface area contributed by atoms with Gasteiger partial charge in [-0.25, -0.2) is 9.97 Å². The van der Waals surface area contributed by atoms with Gasteiger partial charge in [-0.2, -0.15) is 0 Å². The molecule has 0 aliphatic rings. The lowest BCUT2D eigenvalue weighted by Crippen LogP contribution is -2.05. The zero-order valence-corrected chi connectivity index (χ0v) is 10.8. The van der Waals surface area contributed by atoms with Crippen LogP contribution in [0.4, 0.5) is 5.82 Å². The van der Waals surface area contributed by atoms with E-state index in [0.29, 0.717) is 12.4 Å². The van der Waals surface area contributed by atoms with Crippen molar-refractivity contribution in [1.82, 2.24) is 9.97 Å². The van der Waals surface area contributed by atoms with E-state index in [4.69, 9.17) is 4.74 Å². The summed E-state index contributed by atoms with van der Waals surface area (Å²) in [5.41, 5.74) is 0.943. The van der Waals surface area contributed by atoms with Crippen LogP contribution in [0.15, 0.2) is 23.6 Å². The summed E-state index contributed by atoms with van der Waals surface area (Å²) >= 11 is 1.67. The summed E-state index contributed by atoms with van der Waals surface area (Å²) < 4.78 is 5.08. The molecule has 17 heavy (non-hydrogen) atoms. The maximum absolute atomic E-state index is 5.08. The molecule has 4 nitrogen and oxygen atoms in total. The number of nitrogens with one attached hydrogen (secondary N) is 1. The Kier molecular flexibility index (Phi) is 4.06. The lowest BCUT2D eigenvalue weighted by Gasteiger charge is -2.07. The number of ether oxygens (including phenoxy) is 1. The van der Waals surface area contributed by atoms with E-state index in [0.717, 1.165) is 22.9 Å². The lowest BCUT2D eigenvalue weighted by atomic mass is 10.3. The van der Waals surface area contributed by atoms with Crippen molar-refractivity contribution >= 4 is 17.2 Å². The normalized spacial score (nSPS) is 10.5. The van der Waals surface area contributed by atoms with Crippen molar-refractivity contribution in [3.63, 3.8) is 0 Å². The molecule has 0 amide bonds. The second-order valence-corrected chi connectivity index (χ2v) is 4.44. The molecule has 0 aliphatic carbocycles. The van der Waals surface area contributed by atoms with E-state index in [9.17, 15) is 0 Å². The SMILES string of the molecule is CCNc1cc(-c2cccs2)nc(COC)n1. The maximum atomic E-state index is 5.08. The molecule has 0 unspecified atom stereocenters. The summed E-state index contributed by atoms with van der Waals surface area (Å²) in [6.45, 7) is 3.31. The Bertz CT molecular complexity index is 446. The van der Waals surface area contributed by atoms with Crippen molar-refractivity contribution in [3.05, 3.63) is 29.4 Å². The molecule has 0 saturated heterocycles. The molecule has 0 aliphatic heterocycles. The van der Waals surface area contributed by atoms with Crippen LogP contribution in [0.25, 0.3) is 10.6 Å². The van der Waals surface area contributed by atoms with Gasteiger partial charge in [0, 0.05) is 19.7 Å². The zero-order chi connectivity index (χ0) is 12.1. The third-order valence-electron chi connectivity index (χ3n) is 2.18. The van der Waals surface area contributed by atoms with E-state index in [1.165, 1.54) is 0 Å². The molecule has 2 aromatic rings. The van der Waals surface area contributed by atoms with Crippen molar-refractivity contribution in [3.8, 4) is 10.6 Å². The Balaban J connectivity index is 2.37. The smallest absolute Gasteiger partial charge is 0.157 e. The van der Waals surface area contributed by atoms with Crippen LogP contribution >= 0.6 is 11.3 Å². The van der Waals surface area contributed by atoms with Gasteiger partial charge in [-0.3, -0.25) is 0 Å². The van der Waals surface area contributed by atoms with Crippen LogP contribution < -0.4 is 5.32 Å². The third kappa shape index (κ3) is 3.01. The van der Waals surface area contributed by atoms with Crippen LogP contribution in [0.1, 0.15) is 12.7 Å². The molecule has 90 valence electrons. The van der Waals surface area contributed by atoms with Crippen molar-refractivity contribution in [1.29, 1.82) is 0 Å². The summed E-state index contributed by atoms with van der Waals surface area (Å²) in [7, 11) is 1.65. The Hall–Kier alpha value is -1.46. The Morgan fingerprint density at radius 2 is 2.29 bits per heavy atom. The van der Waals surface area contributed by atoms with Crippen molar-refractivity contribution < 1.29 is 4.74 Å². The fraction of sp³-hybridized carbons (Fsp3) is 0.333. The van der Waals surface area contributed by atoms with Gasteiger partial charge >= 0.3 is 0 Å². The van der Waals surface area contributed by atoms with Crippen molar-refractivity contribution in [2.75, 3.05) is 19.0 Å². The number of anilines is 1.